The van der Waals surface area contributed by atoms with Crippen LogP contribution in [0.2, 0.25) is 0 Å². The smallest absolute Gasteiger partial charge is 0.310 e. The lowest BCUT2D eigenvalue weighted by molar-refractivity contribution is -0.151. The van der Waals surface area contributed by atoms with Crippen molar-refractivity contribution >= 4 is 11.9 Å². The highest BCUT2D eigenvalue weighted by Crippen LogP contribution is 2.41. The van der Waals surface area contributed by atoms with Crippen LogP contribution in [0.4, 0.5) is 0 Å². The molecule has 21 heavy (non-hydrogen) atoms. The number of carbonyl (C=O) groups excluding carboxylic acids is 1. The van der Waals surface area contributed by atoms with Crippen LogP contribution >= 0.6 is 0 Å². The Labute approximate surface area is 125 Å². The number of hydrogen-bond donors (Lipinski definition) is 2. The van der Waals surface area contributed by atoms with E-state index in [-0.39, 0.29) is 18.4 Å². The lowest BCUT2D eigenvalue weighted by Gasteiger charge is -2.25. The van der Waals surface area contributed by atoms with Crippen molar-refractivity contribution in [2.24, 2.45) is 5.41 Å². The van der Waals surface area contributed by atoms with Crippen molar-refractivity contribution < 1.29 is 14.7 Å². The molecule has 1 saturated carbocycles. The van der Waals surface area contributed by atoms with Crippen molar-refractivity contribution in [3.8, 4) is 0 Å². The zero-order valence-electron chi connectivity index (χ0n) is 12.5. The van der Waals surface area contributed by atoms with Gasteiger partial charge in [0.2, 0.25) is 5.91 Å². The van der Waals surface area contributed by atoms with Gasteiger partial charge in [-0.2, -0.15) is 0 Å². The molecular weight excluding hydrogens is 266 g/mol. The van der Waals surface area contributed by atoms with Crippen molar-refractivity contribution in [2.45, 2.75) is 51.5 Å². The lowest BCUT2D eigenvalue weighted by atomic mass is 9.82. The average molecular weight is 289 g/mol. The number of amides is 1. The molecule has 1 atom stereocenters. The summed E-state index contributed by atoms with van der Waals surface area (Å²) >= 11 is 0. The number of benzene rings is 1. The Hall–Kier alpha value is -1.84. The minimum absolute atomic E-state index is 0.0500. The van der Waals surface area contributed by atoms with Gasteiger partial charge in [-0.25, -0.2) is 0 Å². The summed E-state index contributed by atoms with van der Waals surface area (Å²) < 4.78 is 0. The minimum Gasteiger partial charge on any atom is -0.481 e. The molecular formula is C17H23NO3. The highest BCUT2D eigenvalue weighted by atomic mass is 16.4. The van der Waals surface area contributed by atoms with Gasteiger partial charge < -0.3 is 10.4 Å². The topological polar surface area (TPSA) is 66.4 Å². The Morgan fingerprint density at radius 1 is 1.24 bits per heavy atom. The Morgan fingerprint density at radius 2 is 1.86 bits per heavy atom. The van der Waals surface area contributed by atoms with Gasteiger partial charge in [0.25, 0.3) is 0 Å². The molecule has 1 aliphatic carbocycles. The summed E-state index contributed by atoms with van der Waals surface area (Å²) in [4.78, 5) is 23.8. The highest BCUT2D eigenvalue weighted by molar-refractivity contribution is 5.85. The van der Waals surface area contributed by atoms with Gasteiger partial charge in [-0.05, 0) is 24.8 Å². The van der Waals surface area contributed by atoms with Crippen LogP contribution in [0.25, 0.3) is 0 Å². The summed E-state index contributed by atoms with van der Waals surface area (Å²) in [6.07, 6.45) is 3.89. The molecule has 2 N–H and O–H groups in total. The van der Waals surface area contributed by atoms with Gasteiger partial charge in [-0.1, -0.05) is 50.1 Å². The van der Waals surface area contributed by atoms with Crippen molar-refractivity contribution in [1.82, 2.24) is 5.32 Å². The quantitative estimate of drug-likeness (QED) is 0.844. The average Bonchev–Trinajstić information content (AvgIpc) is 2.95. The number of hydrogen-bond acceptors (Lipinski definition) is 2. The van der Waals surface area contributed by atoms with Gasteiger partial charge >= 0.3 is 5.97 Å². The van der Waals surface area contributed by atoms with Crippen LogP contribution in [0.1, 0.15) is 57.1 Å². The molecule has 0 saturated heterocycles. The highest BCUT2D eigenvalue weighted by Gasteiger charge is 2.43. The van der Waals surface area contributed by atoms with Crippen molar-refractivity contribution in [3.05, 3.63) is 35.9 Å². The summed E-state index contributed by atoms with van der Waals surface area (Å²) in [6, 6.07) is 9.75. The molecule has 1 amide bonds. The summed E-state index contributed by atoms with van der Waals surface area (Å²) in [6.45, 7) is 2.01. The molecule has 1 aromatic carbocycles. The first kappa shape index (κ1) is 15.5. The maximum Gasteiger partial charge on any atom is 0.310 e. The molecule has 4 nitrogen and oxygen atoms in total. The lowest BCUT2D eigenvalue weighted by Crippen LogP contribution is -2.37. The molecule has 0 radical (unpaired) electrons. The standard InChI is InChI=1S/C17H23NO3/c1-2-14(13-8-4-3-5-9-13)18-15(19)12-17(16(20)21)10-6-7-11-17/h3-5,8-9,14H,2,6-7,10-12H2,1H3,(H,18,19)(H,20,21). The Kier molecular flexibility index (Phi) is 4.99. The van der Waals surface area contributed by atoms with E-state index in [1.165, 1.54) is 0 Å². The van der Waals surface area contributed by atoms with Crippen molar-refractivity contribution in [1.29, 1.82) is 0 Å². The van der Waals surface area contributed by atoms with Gasteiger partial charge in [0.15, 0.2) is 0 Å². The van der Waals surface area contributed by atoms with Crippen LogP contribution in [0, 0.1) is 5.41 Å². The van der Waals surface area contributed by atoms with E-state index in [0.29, 0.717) is 12.8 Å². The summed E-state index contributed by atoms with van der Waals surface area (Å²) in [5, 5.41) is 12.4. The SMILES string of the molecule is CCC(NC(=O)CC1(C(=O)O)CCCC1)c1ccccc1. The number of carboxylic acid groups (broad SMARTS) is 1. The Morgan fingerprint density at radius 3 is 2.38 bits per heavy atom. The second kappa shape index (κ2) is 6.74. The maximum absolute atomic E-state index is 12.3. The third-order valence-corrected chi connectivity index (χ3v) is 4.46. The first-order valence-corrected chi connectivity index (χ1v) is 7.65. The van der Waals surface area contributed by atoms with Gasteiger partial charge in [-0.3, -0.25) is 9.59 Å². The number of carbonyl (C=O) groups is 2. The van der Waals surface area contributed by atoms with Crippen LogP contribution in [-0.2, 0) is 9.59 Å². The fourth-order valence-electron chi connectivity index (χ4n) is 3.18. The monoisotopic (exact) mass is 289 g/mol. The van der Waals surface area contributed by atoms with Crippen LogP contribution in [0.5, 0.6) is 0 Å². The molecule has 1 aliphatic rings. The third kappa shape index (κ3) is 3.63. The first-order chi connectivity index (χ1) is 10.1. The van der Waals surface area contributed by atoms with Crippen LogP contribution in [0.15, 0.2) is 30.3 Å². The molecule has 114 valence electrons. The molecule has 0 heterocycles. The fraction of sp³-hybridized carbons (Fsp3) is 0.529. The molecule has 0 aliphatic heterocycles. The van der Waals surface area contributed by atoms with Crippen molar-refractivity contribution in [2.75, 3.05) is 0 Å². The van der Waals surface area contributed by atoms with E-state index >= 15 is 0 Å². The van der Waals surface area contributed by atoms with Crippen LogP contribution in [0.3, 0.4) is 0 Å². The minimum atomic E-state index is -0.848. The molecule has 1 fully saturated rings. The Balaban J connectivity index is 2.01. The van der Waals surface area contributed by atoms with Gasteiger partial charge in [0, 0.05) is 6.42 Å². The molecule has 0 bridgehead atoms. The predicted molar refractivity (Wildman–Crippen MR) is 80.8 cm³/mol. The molecule has 0 aromatic heterocycles. The number of aliphatic carboxylic acids is 1. The number of rotatable bonds is 6. The van der Waals surface area contributed by atoms with Crippen LogP contribution < -0.4 is 5.32 Å². The van der Waals surface area contributed by atoms with E-state index in [0.717, 1.165) is 24.8 Å². The van der Waals surface area contributed by atoms with Gasteiger partial charge in [-0.15, -0.1) is 0 Å². The normalized spacial score (nSPS) is 18.1. The molecule has 0 spiro atoms. The van der Waals surface area contributed by atoms with E-state index in [4.69, 9.17) is 0 Å². The summed E-state index contributed by atoms with van der Waals surface area (Å²) in [5.74, 6) is -0.988. The summed E-state index contributed by atoms with van der Waals surface area (Å²) in [7, 11) is 0. The number of nitrogens with one attached hydrogen (secondary N) is 1. The third-order valence-electron chi connectivity index (χ3n) is 4.46. The van der Waals surface area contributed by atoms with E-state index < -0.39 is 11.4 Å². The first-order valence-electron chi connectivity index (χ1n) is 7.65. The van der Waals surface area contributed by atoms with E-state index in [1.807, 2.05) is 37.3 Å². The predicted octanol–water partition coefficient (Wildman–Crippen LogP) is 3.29. The number of carboxylic acids is 1. The largest absolute Gasteiger partial charge is 0.481 e. The van der Waals surface area contributed by atoms with Gasteiger partial charge in [0.05, 0.1) is 11.5 Å². The second-order valence-corrected chi connectivity index (χ2v) is 5.91. The van der Waals surface area contributed by atoms with Crippen molar-refractivity contribution in [3.63, 3.8) is 0 Å². The zero-order chi connectivity index (χ0) is 15.3. The second-order valence-electron chi connectivity index (χ2n) is 5.91. The van der Waals surface area contributed by atoms with E-state index in [9.17, 15) is 14.7 Å². The van der Waals surface area contributed by atoms with E-state index in [2.05, 4.69) is 5.32 Å². The van der Waals surface area contributed by atoms with Gasteiger partial charge in [0.1, 0.15) is 0 Å². The summed E-state index contributed by atoms with van der Waals surface area (Å²) in [5.41, 5.74) is 0.211. The molecule has 2 rings (SSSR count). The molecule has 1 aromatic rings. The fourth-order valence-corrected chi connectivity index (χ4v) is 3.18. The Bertz CT molecular complexity index is 492. The molecule has 1 unspecified atom stereocenters. The van der Waals surface area contributed by atoms with Crippen LogP contribution in [-0.4, -0.2) is 17.0 Å². The molecule has 4 heteroatoms. The van der Waals surface area contributed by atoms with E-state index in [1.54, 1.807) is 0 Å². The zero-order valence-corrected chi connectivity index (χ0v) is 12.5. The maximum atomic E-state index is 12.3.